The molecule has 1 unspecified atom stereocenters. The van der Waals surface area contributed by atoms with Crippen molar-refractivity contribution in [2.45, 2.75) is 24.3 Å². The molecule has 3 N–H and O–H groups in total. The Morgan fingerprint density at radius 1 is 1.03 bits per heavy atom. The molecular weight excluding hydrogens is 430 g/mol. The van der Waals surface area contributed by atoms with Crippen LogP contribution in [0.3, 0.4) is 0 Å². The van der Waals surface area contributed by atoms with Gasteiger partial charge in [-0.15, -0.1) is 0 Å². The van der Waals surface area contributed by atoms with E-state index in [1.165, 1.54) is 0 Å². The van der Waals surface area contributed by atoms with Crippen LogP contribution in [0.15, 0.2) is 60.0 Å². The molecule has 174 valence electrons. The van der Waals surface area contributed by atoms with Gasteiger partial charge in [0.2, 0.25) is 11.9 Å². The van der Waals surface area contributed by atoms with Gasteiger partial charge in [0.1, 0.15) is 5.82 Å². The number of rotatable bonds is 5. The standard InChI is InChI=1S/C25H27N7O2/c1-32-15-21(30-16-32)18-4-7-22(27-12-18)31-23(33)25(8-10-34-11-9-25)20-5-2-17(3-6-20)19-13-28-24(26)29-14-19/h2-7,12-14,16,21H,8-11,15H2,1H3,(H2,26,28,29)(H,27,31,33). The minimum atomic E-state index is -0.687. The molecule has 4 heterocycles. The number of nitrogens with one attached hydrogen (secondary N) is 1. The molecule has 0 spiro atoms. The Kier molecular flexibility index (Phi) is 5.93. The number of nitrogens with zero attached hydrogens (tertiary/aromatic N) is 5. The number of benzene rings is 1. The van der Waals surface area contributed by atoms with E-state index in [4.69, 9.17) is 10.5 Å². The predicted molar refractivity (Wildman–Crippen MR) is 130 cm³/mol. The Balaban J connectivity index is 1.36. The molecule has 2 aromatic heterocycles. The summed E-state index contributed by atoms with van der Waals surface area (Å²) in [6.07, 6.45) is 8.21. The van der Waals surface area contributed by atoms with Gasteiger partial charge < -0.3 is 20.7 Å². The second-order valence-corrected chi connectivity index (χ2v) is 8.75. The lowest BCUT2D eigenvalue weighted by atomic mass is 9.73. The first-order valence-corrected chi connectivity index (χ1v) is 11.3. The number of carbonyl (C=O) groups is 1. The molecule has 34 heavy (non-hydrogen) atoms. The van der Waals surface area contributed by atoms with E-state index in [0.29, 0.717) is 31.9 Å². The zero-order chi connectivity index (χ0) is 23.5. The summed E-state index contributed by atoms with van der Waals surface area (Å²) in [6, 6.07) is 11.9. The molecule has 1 amide bonds. The number of likely N-dealkylation sites (N-methyl/N-ethyl adjacent to an activating group) is 1. The Morgan fingerprint density at radius 3 is 2.38 bits per heavy atom. The van der Waals surface area contributed by atoms with E-state index < -0.39 is 5.41 Å². The van der Waals surface area contributed by atoms with Crippen LogP contribution in [-0.2, 0) is 14.9 Å². The molecule has 2 aliphatic heterocycles. The van der Waals surface area contributed by atoms with Gasteiger partial charge in [0.15, 0.2) is 0 Å². The van der Waals surface area contributed by atoms with E-state index in [1.54, 1.807) is 18.6 Å². The first-order chi connectivity index (χ1) is 16.5. The average Bonchev–Trinajstić information content (AvgIpc) is 3.32. The summed E-state index contributed by atoms with van der Waals surface area (Å²) in [5, 5.41) is 3.04. The molecule has 1 aromatic carbocycles. The first-order valence-electron chi connectivity index (χ1n) is 11.3. The number of anilines is 2. The average molecular weight is 458 g/mol. The molecule has 0 aliphatic carbocycles. The van der Waals surface area contributed by atoms with Crippen molar-refractivity contribution in [3.63, 3.8) is 0 Å². The molecule has 9 heteroatoms. The smallest absolute Gasteiger partial charge is 0.236 e. The molecule has 2 aliphatic rings. The van der Waals surface area contributed by atoms with E-state index in [9.17, 15) is 4.79 Å². The maximum Gasteiger partial charge on any atom is 0.236 e. The van der Waals surface area contributed by atoms with Crippen LogP contribution in [0.25, 0.3) is 11.1 Å². The number of hydrogen-bond acceptors (Lipinski definition) is 8. The molecule has 1 fully saturated rings. The summed E-state index contributed by atoms with van der Waals surface area (Å²) in [7, 11) is 1.99. The van der Waals surface area contributed by atoms with Crippen LogP contribution in [0.4, 0.5) is 11.8 Å². The quantitative estimate of drug-likeness (QED) is 0.605. The summed E-state index contributed by atoms with van der Waals surface area (Å²) in [5.74, 6) is 0.701. The van der Waals surface area contributed by atoms with Crippen molar-refractivity contribution in [3.8, 4) is 11.1 Å². The second kappa shape index (κ2) is 9.18. The molecular formula is C25H27N7O2. The van der Waals surface area contributed by atoms with Crippen molar-refractivity contribution in [1.82, 2.24) is 19.9 Å². The topological polar surface area (TPSA) is 119 Å². The number of carbonyl (C=O) groups excluding carboxylic acids is 1. The minimum absolute atomic E-state index is 0.0711. The van der Waals surface area contributed by atoms with Gasteiger partial charge in [0.05, 0.1) is 17.8 Å². The van der Waals surface area contributed by atoms with Crippen LogP contribution in [0.5, 0.6) is 0 Å². The number of nitrogen functional groups attached to an aromatic ring is 1. The minimum Gasteiger partial charge on any atom is -0.381 e. The zero-order valence-electron chi connectivity index (χ0n) is 19.0. The SMILES string of the molecule is CN1C=NC(c2ccc(NC(=O)C3(c4ccc(-c5cnc(N)nc5)cc4)CCOCC3)nc2)C1. The molecule has 0 bridgehead atoms. The molecule has 1 atom stereocenters. The van der Waals surface area contributed by atoms with E-state index in [-0.39, 0.29) is 17.9 Å². The number of amides is 1. The summed E-state index contributed by atoms with van der Waals surface area (Å²) >= 11 is 0. The highest BCUT2D eigenvalue weighted by molar-refractivity contribution is 5.98. The Morgan fingerprint density at radius 2 is 1.76 bits per heavy atom. The molecule has 5 rings (SSSR count). The lowest BCUT2D eigenvalue weighted by molar-refractivity contribution is -0.125. The fraction of sp³-hybridized carbons (Fsp3) is 0.320. The van der Waals surface area contributed by atoms with Gasteiger partial charge in [0, 0.05) is 51.0 Å². The van der Waals surface area contributed by atoms with Crippen molar-refractivity contribution >= 4 is 24.0 Å². The van der Waals surface area contributed by atoms with E-state index in [2.05, 4.69) is 25.3 Å². The Labute approximate surface area is 198 Å². The number of pyridine rings is 1. The van der Waals surface area contributed by atoms with Gasteiger partial charge in [-0.3, -0.25) is 9.79 Å². The summed E-state index contributed by atoms with van der Waals surface area (Å²) in [4.78, 5) is 32.7. The van der Waals surface area contributed by atoms with Crippen molar-refractivity contribution in [2.75, 3.05) is 37.9 Å². The fourth-order valence-corrected chi connectivity index (χ4v) is 4.50. The maximum absolute atomic E-state index is 13.6. The largest absolute Gasteiger partial charge is 0.381 e. The van der Waals surface area contributed by atoms with Gasteiger partial charge in [-0.05, 0) is 35.6 Å². The van der Waals surface area contributed by atoms with Crippen molar-refractivity contribution < 1.29 is 9.53 Å². The van der Waals surface area contributed by atoms with E-state index >= 15 is 0 Å². The van der Waals surface area contributed by atoms with E-state index in [1.807, 2.05) is 54.7 Å². The molecule has 0 saturated carbocycles. The number of ether oxygens (including phenoxy) is 1. The maximum atomic E-state index is 13.6. The Bertz CT molecular complexity index is 1170. The fourth-order valence-electron chi connectivity index (χ4n) is 4.50. The second-order valence-electron chi connectivity index (χ2n) is 8.75. The number of hydrogen-bond donors (Lipinski definition) is 2. The lowest BCUT2D eigenvalue weighted by Crippen LogP contribution is -2.45. The van der Waals surface area contributed by atoms with E-state index in [0.717, 1.165) is 28.8 Å². The predicted octanol–water partition coefficient (Wildman–Crippen LogP) is 2.82. The van der Waals surface area contributed by atoms with Gasteiger partial charge >= 0.3 is 0 Å². The van der Waals surface area contributed by atoms with Crippen molar-refractivity contribution in [3.05, 3.63) is 66.1 Å². The molecule has 3 aromatic rings. The lowest BCUT2D eigenvalue weighted by Gasteiger charge is -2.36. The van der Waals surface area contributed by atoms with Crippen LogP contribution in [0.1, 0.15) is 30.0 Å². The van der Waals surface area contributed by atoms with Crippen molar-refractivity contribution in [1.29, 1.82) is 0 Å². The van der Waals surface area contributed by atoms with Gasteiger partial charge in [0.25, 0.3) is 0 Å². The third-order valence-electron chi connectivity index (χ3n) is 6.54. The van der Waals surface area contributed by atoms with Crippen molar-refractivity contribution in [2.24, 2.45) is 4.99 Å². The third-order valence-corrected chi connectivity index (χ3v) is 6.54. The number of aromatic nitrogens is 3. The van der Waals surface area contributed by atoms with Gasteiger partial charge in [-0.25, -0.2) is 15.0 Å². The highest BCUT2D eigenvalue weighted by Gasteiger charge is 2.42. The van der Waals surface area contributed by atoms with Gasteiger partial charge in [-0.2, -0.15) is 0 Å². The highest BCUT2D eigenvalue weighted by Crippen LogP contribution is 2.37. The van der Waals surface area contributed by atoms with Crippen LogP contribution in [0.2, 0.25) is 0 Å². The molecule has 9 nitrogen and oxygen atoms in total. The third kappa shape index (κ3) is 4.34. The monoisotopic (exact) mass is 457 g/mol. The van der Waals surface area contributed by atoms with Crippen LogP contribution in [0, 0.1) is 0 Å². The summed E-state index contributed by atoms with van der Waals surface area (Å²) < 4.78 is 5.59. The highest BCUT2D eigenvalue weighted by atomic mass is 16.5. The molecule has 1 saturated heterocycles. The summed E-state index contributed by atoms with van der Waals surface area (Å²) in [6.45, 7) is 1.88. The van der Waals surface area contributed by atoms with Crippen LogP contribution < -0.4 is 11.1 Å². The van der Waals surface area contributed by atoms with Crippen LogP contribution in [-0.4, -0.2) is 58.9 Å². The number of aliphatic imine (C=N–C) groups is 1. The first kappa shape index (κ1) is 22.0. The number of nitrogens with two attached hydrogens (primary N) is 1. The molecule has 0 radical (unpaired) electrons. The van der Waals surface area contributed by atoms with Gasteiger partial charge in [-0.1, -0.05) is 30.3 Å². The summed E-state index contributed by atoms with van der Waals surface area (Å²) in [5.41, 5.74) is 8.72. The normalized spacial score (nSPS) is 19.2. The zero-order valence-corrected chi connectivity index (χ0v) is 19.0. The Hall–Kier alpha value is -3.85. The van der Waals surface area contributed by atoms with Crippen LogP contribution >= 0.6 is 0 Å².